The summed E-state index contributed by atoms with van der Waals surface area (Å²) in [5.74, 6) is -0.184. The lowest BCUT2D eigenvalue weighted by Gasteiger charge is -2.43. The van der Waals surface area contributed by atoms with Crippen molar-refractivity contribution in [3.63, 3.8) is 0 Å². The third kappa shape index (κ3) is 3.47. The van der Waals surface area contributed by atoms with Crippen LogP contribution < -0.4 is 15.5 Å². The van der Waals surface area contributed by atoms with Gasteiger partial charge in [-0.15, -0.1) is 0 Å². The summed E-state index contributed by atoms with van der Waals surface area (Å²) in [6.45, 7) is 3.16. The van der Waals surface area contributed by atoms with Crippen molar-refractivity contribution in [2.75, 3.05) is 37.7 Å². The first kappa shape index (κ1) is 18.5. The van der Waals surface area contributed by atoms with Gasteiger partial charge in [-0.05, 0) is 49.2 Å². The minimum Gasteiger partial charge on any atom is -0.459 e. The number of nitrogens with zero attached hydrogens (tertiary/aromatic N) is 2. The highest BCUT2D eigenvalue weighted by atomic mass is 19.1. The fourth-order valence-corrected chi connectivity index (χ4v) is 4.01. The largest absolute Gasteiger partial charge is 0.459 e. The summed E-state index contributed by atoms with van der Waals surface area (Å²) in [7, 11) is 0. The van der Waals surface area contributed by atoms with E-state index in [1.807, 2.05) is 4.90 Å². The smallest absolute Gasteiger partial charge is 0.287 e. The third-order valence-electron chi connectivity index (χ3n) is 5.62. The molecule has 2 saturated heterocycles. The molecule has 28 heavy (non-hydrogen) atoms. The Morgan fingerprint density at radius 1 is 1.21 bits per heavy atom. The van der Waals surface area contributed by atoms with E-state index in [0.29, 0.717) is 38.4 Å². The lowest BCUT2D eigenvalue weighted by atomic mass is 9.85. The van der Waals surface area contributed by atoms with Crippen LogP contribution in [0.4, 0.5) is 10.1 Å². The molecule has 4 rings (SSSR count). The lowest BCUT2D eigenvalue weighted by molar-refractivity contribution is -0.125. The van der Waals surface area contributed by atoms with Crippen LogP contribution in [0.25, 0.3) is 0 Å². The highest BCUT2D eigenvalue weighted by Gasteiger charge is 2.50. The quantitative estimate of drug-likeness (QED) is 0.816. The van der Waals surface area contributed by atoms with Crippen LogP contribution in [-0.4, -0.2) is 55.1 Å². The van der Waals surface area contributed by atoms with Gasteiger partial charge in [0, 0.05) is 31.9 Å². The van der Waals surface area contributed by atoms with Crippen molar-refractivity contribution < 1.29 is 18.4 Å². The van der Waals surface area contributed by atoms with Crippen molar-refractivity contribution in [1.82, 2.24) is 15.5 Å². The molecule has 3 heterocycles. The average molecular weight is 386 g/mol. The van der Waals surface area contributed by atoms with Crippen LogP contribution in [0.1, 0.15) is 23.4 Å². The van der Waals surface area contributed by atoms with Crippen molar-refractivity contribution >= 4 is 17.5 Å². The number of benzene rings is 1. The summed E-state index contributed by atoms with van der Waals surface area (Å²) < 4.78 is 18.3. The van der Waals surface area contributed by atoms with Crippen molar-refractivity contribution in [3.8, 4) is 0 Å². The molecule has 0 aliphatic carbocycles. The number of anilines is 1. The second-order valence-electron chi connectivity index (χ2n) is 7.17. The molecule has 0 unspecified atom stereocenters. The van der Waals surface area contributed by atoms with Crippen molar-refractivity contribution in [2.45, 2.75) is 18.4 Å². The Morgan fingerprint density at radius 3 is 2.64 bits per heavy atom. The lowest BCUT2D eigenvalue weighted by Crippen LogP contribution is -2.57. The summed E-state index contributed by atoms with van der Waals surface area (Å²) in [5, 5.41) is 5.78. The van der Waals surface area contributed by atoms with E-state index in [-0.39, 0.29) is 17.6 Å². The Labute approximate surface area is 162 Å². The van der Waals surface area contributed by atoms with Crippen LogP contribution in [0, 0.1) is 5.82 Å². The van der Waals surface area contributed by atoms with E-state index in [4.69, 9.17) is 4.42 Å². The van der Waals surface area contributed by atoms with Gasteiger partial charge in [-0.1, -0.05) is 0 Å². The molecule has 7 nitrogen and oxygen atoms in total. The number of likely N-dealkylation sites (tertiary alicyclic amines) is 1. The molecule has 148 valence electrons. The molecule has 0 saturated carbocycles. The van der Waals surface area contributed by atoms with Crippen LogP contribution >= 0.6 is 0 Å². The zero-order valence-electron chi connectivity index (χ0n) is 15.5. The summed E-state index contributed by atoms with van der Waals surface area (Å²) in [5.41, 5.74) is 0.255. The second kappa shape index (κ2) is 7.63. The van der Waals surface area contributed by atoms with Gasteiger partial charge in [0.1, 0.15) is 11.4 Å². The number of carbonyl (C=O) groups is 2. The first-order valence-electron chi connectivity index (χ1n) is 9.44. The molecule has 2 amide bonds. The minimum absolute atomic E-state index is 0.0302. The average Bonchev–Trinajstić information content (AvgIpc) is 3.34. The molecule has 1 aromatic carbocycles. The molecule has 2 aromatic rings. The van der Waals surface area contributed by atoms with E-state index in [0.717, 1.165) is 18.8 Å². The third-order valence-corrected chi connectivity index (χ3v) is 5.62. The van der Waals surface area contributed by atoms with Crippen molar-refractivity contribution in [1.29, 1.82) is 0 Å². The van der Waals surface area contributed by atoms with Crippen LogP contribution in [0.3, 0.4) is 0 Å². The Balaban J connectivity index is 1.33. The second-order valence-corrected chi connectivity index (χ2v) is 7.17. The minimum atomic E-state index is -0.592. The van der Waals surface area contributed by atoms with Gasteiger partial charge >= 0.3 is 0 Å². The number of furan rings is 1. The number of carbonyl (C=O) groups excluding carboxylic acids is 2. The molecule has 2 aliphatic rings. The van der Waals surface area contributed by atoms with Crippen molar-refractivity contribution in [2.24, 2.45) is 0 Å². The highest BCUT2D eigenvalue weighted by Crippen LogP contribution is 2.36. The van der Waals surface area contributed by atoms with Gasteiger partial charge in [0.25, 0.3) is 5.91 Å². The van der Waals surface area contributed by atoms with E-state index in [9.17, 15) is 14.0 Å². The van der Waals surface area contributed by atoms with Gasteiger partial charge < -0.3 is 24.9 Å². The van der Waals surface area contributed by atoms with Crippen LogP contribution in [0.15, 0.2) is 47.1 Å². The first-order valence-corrected chi connectivity index (χ1v) is 9.44. The molecular formula is C20H23FN4O3. The molecule has 2 fully saturated rings. The SMILES string of the molecule is O=C(NCCN1CCC2(CC1)C(=O)NCN2c1ccc(F)cc1)c1ccco1. The van der Waals surface area contributed by atoms with Crippen molar-refractivity contribution in [3.05, 3.63) is 54.2 Å². The number of halogens is 1. The van der Waals surface area contributed by atoms with E-state index >= 15 is 0 Å². The molecule has 1 aromatic heterocycles. The summed E-state index contributed by atoms with van der Waals surface area (Å²) in [6, 6.07) is 9.58. The Morgan fingerprint density at radius 2 is 1.96 bits per heavy atom. The van der Waals surface area contributed by atoms with E-state index in [2.05, 4.69) is 15.5 Å². The zero-order valence-corrected chi connectivity index (χ0v) is 15.5. The van der Waals surface area contributed by atoms with Gasteiger partial charge in [-0.3, -0.25) is 9.59 Å². The van der Waals surface area contributed by atoms with Crippen LogP contribution in [0.5, 0.6) is 0 Å². The molecule has 2 N–H and O–H groups in total. The number of hydrogen-bond donors (Lipinski definition) is 2. The molecule has 1 spiro atoms. The molecular weight excluding hydrogens is 363 g/mol. The number of piperidine rings is 1. The van der Waals surface area contributed by atoms with E-state index < -0.39 is 5.54 Å². The number of rotatable bonds is 5. The number of amides is 2. The number of hydrogen-bond acceptors (Lipinski definition) is 5. The predicted octanol–water partition coefficient (Wildman–Crippen LogP) is 1.58. The molecule has 0 radical (unpaired) electrons. The number of nitrogens with one attached hydrogen (secondary N) is 2. The van der Waals surface area contributed by atoms with Gasteiger partial charge in [0.05, 0.1) is 12.9 Å². The fourth-order valence-electron chi connectivity index (χ4n) is 4.01. The molecule has 8 heteroatoms. The maximum Gasteiger partial charge on any atom is 0.287 e. The summed E-state index contributed by atoms with van der Waals surface area (Å²) in [4.78, 5) is 28.8. The standard InChI is InChI=1S/C20H23FN4O3/c21-15-3-5-16(6-4-15)25-14-23-19(27)20(25)7-10-24(11-8-20)12-9-22-18(26)17-2-1-13-28-17/h1-6,13H,7-12,14H2,(H,22,26)(H,23,27). The summed E-state index contributed by atoms with van der Waals surface area (Å²) >= 11 is 0. The fraction of sp³-hybridized carbons (Fsp3) is 0.400. The maximum atomic E-state index is 13.3. The predicted molar refractivity (Wildman–Crippen MR) is 101 cm³/mol. The monoisotopic (exact) mass is 386 g/mol. The zero-order chi connectivity index (χ0) is 19.6. The Bertz CT molecular complexity index is 830. The van der Waals surface area contributed by atoms with Crippen LogP contribution in [-0.2, 0) is 4.79 Å². The van der Waals surface area contributed by atoms with E-state index in [1.54, 1.807) is 24.3 Å². The maximum absolute atomic E-state index is 13.3. The van der Waals surface area contributed by atoms with Gasteiger partial charge in [0.15, 0.2) is 5.76 Å². The van der Waals surface area contributed by atoms with Gasteiger partial charge in [-0.25, -0.2) is 4.39 Å². The highest BCUT2D eigenvalue weighted by molar-refractivity contribution is 5.93. The van der Waals surface area contributed by atoms with Gasteiger partial charge in [-0.2, -0.15) is 0 Å². The Kier molecular flexibility index (Phi) is 5.04. The van der Waals surface area contributed by atoms with Gasteiger partial charge in [0.2, 0.25) is 5.91 Å². The summed E-state index contributed by atoms with van der Waals surface area (Å²) in [6.07, 6.45) is 2.84. The topological polar surface area (TPSA) is 77.8 Å². The molecule has 0 bridgehead atoms. The van der Waals surface area contributed by atoms with E-state index in [1.165, 1.54) is 18.4 Å². The first-order chi connectivity index (χ1) is 13.6. The van der Waals surface area contributed by atoms with Crippen LogP contribution in [0.2, 0.25) is 0 Å². The molecule has 0 atom stereocenters. The molecule has 2 aliphatic heterocycles. The normalized spacial score (nSPS) is 19.0. The Hall–Kier alpha value is -2.87.